The number of hydrogen-bond acceptors (Lipinski definition) is 4. The van der Waals surface area contributed by atoms with E-state index in [0.717, 1.165) is 18.5 Å². The van der Waals surface area contributed by atoms with E-state index in [0.29, 0.717) is 25.3 Å². The average molecular weight is 327 g/mol. The number of rotatable bonds is 4. The minimum atomic E-state index is -0.0506. The Morgan fingerprint density at radius 2 is 2.33 bits per heavy atom. The van der Waals surface area contributed by atoms with Gasteiger partial charge in [0.1, 0.15) is 6.10 Å². The molecule has 2 aromatic heterocycles. The lowest BCUT2D eigenvalue weighted by Crippen LogP contribution is -2.53. The van der Waals surface area contributed by atoms with Gasteiger partial charge in [-0.25, -0.2) is 0 Å². The third-order valence-electron chi connectivity index (χ3n) is 4.81. The van der Waals surface area contributed by atoms with Crippen molar-refractivity contribution < 1.29 is 14.3 Å². The van der Waals surface area contributed by atoms with Gasteiger partial charge in [0.25, 0.3) is 5.91 Å². The lowest BCUT2D eigenvalue weighted by atomic mass is 10.1. The van der Waals surface area contributed by atoms with Gasteiger partial charge < -0.3 is 19.4 Å². The molecule has 1 saturated heterocycles. The Bertz CT molecular complexity index is 674. The third-order valence-corrected chi connectivity index (χ3v) is 4.81. The molecule has 0 aromatic carbocycles. The summed E-state index contributed by atoms with van der Waals surface area (Å²) in [5, 5.41) is 0. The number of amides is 1. The lowest BCUT2D eigenvalue weighted by Gasteiger charge is -2.39. The zero-order chi connectivity index (χ0) is 16.4. The first kappa shape index (κ1) is 15.4. The molecule has 2 aromatic rings. The summed E-state index contributed by atoms with van der Waals surface area (Å²) in [5.41, 5.74) is 1.62. The van der Waals surface area contributed by atoms with Crippen LogP contribution in [0.1, 0.15) is 28.9 Å². The third kappa shape index (κ3) is 2.95. The molecule has 4 rings (SSSR count). The minimum absolute atomic E-state index is 0.0128. The summed E-state index contributed by atoms with van der Waals surface area (Å²) in [6.45, 7) is 1.67. The zero-order valence-corrected chi connectivity index (χ0v) is 13.4. The van der Waals surface area contributed by atoms with Crippen molar-refractivity contribution in [2.45, 2.75) is 37.7 Å². The second-order valence-electron chi connectivity index (χ2n) is 6.25. The van der Waals surface area contributed by atoms with Crippen LogP contribution in [0.15, 0.2) is 42.9 Å². The summed E-state index contributed by atoms with van der Waals surface area (Å²) in [7, 11) is 0. The molecule has 1 amide bonds. The normalized spacial score (nSPS) is 26.3. The summed E-state index contributed by atoms with van der Waals surface area (Å²) in [5.74, 6) is 0.0694. The maximum atomic E-state index is 12.7. The summed E-state index contributed by atoms with van der Waals surface area (Å²) in [6, 6.07) is 7.71. The van der Waals surface area contributed by atoms with E-state index >= 15 is 0 Å². The first-order valence-electron chi connectivity index (χ1n) is 8.40. The van der Waals surface area contributed by atoms with Crippen LogP contribution in [0.25, 0.3) is 0 Å². The van der Waals surface area contributed by atoms with Crippen LogP contribution in [0.3, 0.4) is 0 Å². The standard InChI is InChI=1S/C18H21N3O3/c22-18(13-6-8-19-11-13)21-9-10-23-17-15(21)4-5-16(17)24-12-14-3-1-2-7-20-14/h1-3,6-8,11,15-17,19H,4-5,9-10,12H2/t15-,16-,17+/m0/s1. The number of H-pyrrole nitrogens is 1. The highest BCUT2D eigenvalue weighted by Crippen LogP contribution is 2.33. The van der Waals surface area contributed by atoms with Crippen molar-refractivity contribution in [2.75, 3.05) is 13.2 Å². The summed E-state index contributed by atoms with van der Waals surface area (Å²) in [4.78, 5) is 21.9. The predicted octanol–water partition coefficient (Wildman–Crippen LogP) is 2.00. The van der Waals surface area contributed by atoms with Crippen LogP contribution in [-0.2, 0) is 16.1 Å². The van der Waals surface area contributed by atoms with Crippen molar-refractivity contribution >= 4 is 5.91 Å². The molecule has 1 saturated carbocycles. The highest BCUT2D eigenvalue weighted by Gasteiger charge is 2.45. The van der Waals surface area contributed by atoms with E-state index in [1.54, 1.807) is 18.6 Å². The van der Waals surface area contributed by atoms with Crippen LogP contribution < -0.4 is 0 Å². The first-order chi connectivity index (χ1) is 11.8. The Kier molecular flexibility index (Phi) is 4.32. The van der Waals surface area contributed by atoms with Gasteiger partial charge in [-0.1, -0.05) is 6.07 Å². The molecular weight excluding hydrogens is 306 g/mol. The number of carbonyl (C=O) groups excluding carboxylic acids is 1. The van der Waals surface area contributed by atoms with Crippen LogP contribution >= 0.6 is 0 Å². The number of pyridine rings is 1. The number of ether oxygens (including phenoxy) is 2. The van der Waals surface area contributed by atoms with E-state index in [1.807, 2.05) is 29.2 Å². The van der Waals surface area contributed by atoms with Gasteiger partial charge in [-0.05, 0) is 31.0 Å². The maximum absolute atomic E-state index is 12.7. The Balaban J connectivity index is 1.42. The molecule has 2 fully saturated rings. The molecule has 6 nitrogen and oxygen atoms in total. The number of hydrogen-bond donors (Lipinski definition) is 1. The van der Waals surface area contributed by atoms with Crippen molar-refractivity contribution in [2.24, 2.45) is 0 Å². The zero-order valence-electron chi connectivity index (χ0n) is 13.4. The predicted molar refractivity (Wildman–Crippen MR) is 87.4 cm³/mol. The van der Waals surface area contributed by atoms with Gasteiger partial charge in [-0.15, -0.1) is 0 Å². The number of fused-ring (bicyclic) bond motifs is 1. The molecule has 2 aliphatic rings. The fourth-order valence-electron chi connectivity index (χ4n) is 3.64. The van der Waals surface area contributed by atoms with Crippen LogP contribution in [0.2, 0.25) is 0 Å². The Labute approximate surface area is 140 Å². The van der Waals surface area contributed by atoms with Gasteiger partial charge in [-0.2, -0.15) is 0 Å². The number of carbonyl (C=O) groups is 1. The molecule has 3 atom stereocenters. The molecule has 0 spiro atoms. The number of nitrogens with zero attached hydrogens (tertiary/aromatic N) is 2. The van der Waals surface area contributed by atoms with Gasteiger partial charge >= 0.3 is 0 Å². The van der Waals surface area contributed by atoms with Gasteiger partial charge in [0.2, 0.25) is 0 Å². The molecule has 6 heteroatoms. The van der Waals surface area contributed by atoms with E-state index in [1.165, 1.54) is 0 Å². The van der Waals surface area contributed by atoms with Crippen molar-refractivity contribution in [1.82, 2.24) is 14.9 Å². The van der Waals surface area contributed by atoms with Crippen molar-refractivity contribution in [3.63, 3.8) is 0 Å². The Morgan fingerprint density at radius 1 is 1.38 bits per heavy atom. The van der Waals surface area contributed by atoms with Gasteiger partial charge in [0.15, 0.2) is 0 Å². The second-order valence-corrected chi connectivity index (χ2v) is 6.25. The quantitative estimate of drug-likeness (QED) is 0.933. The van der Waals surface area contributed by atoms with Gasteiger partial charge in [0.05, 0.1) is 36.6 Å². The monoisotopic (exact) mass is 327 g/mol. The van der Waals surface area contributed by atoms with E-state index in [-0.39, 0.29) is 24.2 Å². The Morgan fingerprint density at radius 3 is 3.12 bits per heavy atom. The molecule has 0 unspecified atom stereocenters. The average Bonchev–Trinajstić information content (AvgIpc) is 3.30. The molecular formula is C18H21N3O3. The number of morpholine rings is 1. The van der Waals surface area contributed by atoms with E-state index in [2.05, 4.69) is 9.97 Å². The van der Waals surface area contributed by atoms with E-state index in [9.17, 15) is 4.79 Å². The fourth-order valence-corrected chi connectivity index (χ4v) is 3.64. The fraction of sp³-hybridized carbons (Fsp3) is 0.444. The maximum Gasteiger partial charge on any atom is 0.255 e. The van der Waals surface area contributed by atoms with Gasteiger partial charge in [0, 0.05) is 25.1 Å². The minimum Gasteiger partial charge on any atom is -0.372 e. The molecule has 126 valence electrons. The van der Waals surface area contributed by atoms with Crippen LogP contribution in [0, 0.1) is 0 Å². The summed E-state index contributed by atoms with van der Waals surface area (Å²) < 4.78 is 12.0. The smallest absolute Gasteiger partial charge is 0.255 e. The lowest BCUT2D eigenvalue weighted by molar-refractivity contribution is -0.109. The molecule has 24 heavy (non-hydrogen) atoms. The molecule has 1 aliphatic heterocycles. The topological polar surface area (TPSA) is 67.5 Å². The van der Waals surface area contributed by atoms with E-state index < -0.39 is 0 Å². The summed E-state index contributed by atoms with van der Waals surface area (Å²) in [6.07, 6.45) is 7.07. The SMILES string of the molecule is O=C(c1cc[nH]c1)N1CCO[C@H]2[C@@H](OCc3ccccn3)CC[C@@H]21. The number of aromatic amines is 1. The molecule has 0 bridgehead atoms. The summed E-state index contributed by atoms with van der Waals surface area (Å²) >= 11 is 0. The van der Waals surface area contributed by atoms with Crippen molar-refractivity contribution in [3.8, 4) is 0 Å². The van der Waals surface area contributed by atoms with Crippen LogP contribution in [-0.4, -0.2) is 52.2 Å². The Hall–Kier alpha value is -2.18. The van der Waals surface area contributed by atoms with Crippen molar-refractivity contribution in [3.05, 3.63) is 54.1 Å². The first-order valence-corrected chi connectivity index (χ1v) is 8.40. The highest BCUT2D eigenvalue weighted by molar-refractivity contribution is 5.94. The number of aromatic nitrogens is 2. The molecule has 1 aliphatic carbocycles. The second kappa shape index (κ2) is 6.75. The highest BCUT2D eigenvalue weighted by atomic mass is 16.5. The molecule has 0 radical (unpaired) electrons. The van der Waals surface area contributed by atoms with Crippen LogP contribution in [0.5, 0.6) is 0 Å². The number of nitrogens with one attached hydrogen (secondary N) is 1. The largest absolute Gasteiger partial charge is 0.372 e. The molecule has 3 heterocycles. The van der Waals surface area contributed by atoms with E-state index in [4.69, 9.17) is 9.47 Å². The molecule has 1 N–H and O–H groups in total. The van der Waals surface area contributed by atoms with Crippen LogP contribution in [0.4, 0.5) is 0 Å². The van der Waals surface area contributed by atoms with Crippen molar-refractivity contribution in [1.29, 1.82) is 0 Å². The van der Waals surface area contributed by atoms with Gasteiger partial charge in [-0.3, -0.25) is 9.78 Å².